The molecular weight excluding hydrogens is 352 g/mol. The van der Waals surface area contributed by atoms with E-state index >= 15 is 0 Å². The SMILES string of the molecule is COc1cc(Cl)c(C)cc1NC(=O)C1CC(=O)N(C2CCCCCC2)C1. The molecule has 5 nitrogen and oxygen atoms in total. The molecule has 1 unspecified atom stereocenters. The smallest absolute Gasteiger partial charge is 0.229 e. The third kappa shape index (κ3) is 4.14. The molecule has 2 fully saturated rings. The zero-order valence-corrected chi connectivity index (χ0v) is 16.3. The van der Waals surface area contributed by atoms with E-state index in [-0.39, 0.29) is 24.2 Å². The zero-order chi connectivity index (χ0) is 18.7. The number of benzene rings is 1. The van der Waals surface area contributed by atoms with Gasteiger partial charge in [-0.3, -0.25) is 9.59 Å². The van der Waals surface area contributed by atoms with Crippen LogP contribution in [0.3, 0.4) is 0 Å². The number of rotatable bonds is 4. The first kappa shape index (κ1) is 19.0. The second-order valence-corrected chi connectivity index (χ2v) is 7.79. The molecule has 0 spiro atoms. The average molecular weight is 379 g/mol. The number of methoxy groups -OCH3 is 1. The molecule has 0 radical (unpaired) electrons. The largest absolute Gasteiger partial charge is 0.495 e. The second kappa shape index (κ2) is 8.30. The number of nitrogens with one attached hydrogen (secondary N) is 1. The average Bonchev–Trinajstić information content (AvgIpc) is 2.83. The van der Waals surface area contributed by atoms with E-state index < -0.39 is 0 Å². The number of carbonyl (C=O) groups is 2. The summed E-state index contributed by atoms with van der Waals surface area (Å²) in [5.74, 6) is 0.191. The summed E-state index contributed by atoms with van der Waals surface area (Å²) in [4.78, 5) is 27.2. The minimum absolute atomic E-state index is 0.108. The Bertz CT molecular complexity index is 684. The van der Waals surface area contributed by atoms with Crippen molar-refractivity contribution in [3.63, 3.8) is 0 Å². The Morgan fingerprint density at radius 1 is 1.23 bits per heavy atom. The lowest BCUT2D eigenvalue weighted by Gasteiger charge is -2.27. The molecule has 1 aliphatic heterocycles. The Kier molecular flexibility index (Phi) is 6.07. The minimum atomic E-state index is -0.313. The van der Waals surface area contributed by atoms with Crippen molar-refractivity contribution < 1.29 is 14.3 Å². The molecule has 1 atom stereocenters. The lowest BCUT2D eigenvalue weighted by atomic mass is 10.1. The Morgan fingerprint density at radius 3 is 2.58 bits per heavy atom. The highest BCUT2D eigenvalue weighted by Crippen LogP contribution is 2.33. The topological polar surface area (TPSA) is 58.6 Å². The molecule has 3 rings (SSSR count). The van der Waals surface area contributed by atoms with Gasteiger partial charge in [-0.05, 0) is 31.4 Å². The fourth-order valence-electron chi connectivity index (χ4n) is 3.99. The third-order valence-corrected chi connectivity index (χ3v) is 5.94. The molecule has 1 aromatic rings. The fourth-order valence-corrected chi connectivity index (χ4v) is 4.15. The highest BCUT2D eigenvalue weighted by Gasteiger charge is 2.38. The van der Waals surface area contributed by atoms with Crippen LogP contribution >= 0.6 is 11.6 Å². The summed E-state index contributed by atoms with van der Waals surface area (Å²) in [5, 5.41) is 3.52. The summed E-state index contributed by atoms with van der Waals surface area (Å²) in [6.45, 7) is 2.40. The maximum Gasteiger partial charge on any atom is 0.229 e. The molecule has 26 heavy (non-hydrogen) atoms. The van der Waals surface area contributed by atoms with Crippen LogP contribution in [0.2, 0.25) is 5.02 Å². The number of ether oxygens (including phenoxy) is 1. The first-order valence-electron chi connectivity index (χ1n) is 9.44. The van der Waals surface area contributed by atoms with Crippen LogP contribution < -0.4 is 10.1 Å². The molecule has 1 saturated heterocycles. The van der Waals surface area contributed by atoms with E-state index in [1.54, 1.807) is 19.2 Å². The van der Waals surface area contributed by atoms with Gasteiger partial charge in [-0.25, -0.2) is 0 Å². The summed E-state index contributed by atoms with van der Waals surface area (Å²) >= 11 is 6.12. The van der Waals surface area contributed by atoms with E-state index in [2.05, 4.69) is 5.32 Å². The van der Waals surface area contributed by atoms with Gasteiger partial charge >= 0.3 is 0 Å². The number of halogens is 1. The van der Waals surface area contributed by atoms with Crippen molar-refractivity contribution in [2.75, 3.05) is 19.0 Å². The number of amides is 2. The van der Waals surface area contributed by atoms with Crippen LogP contribution in [0.15, 0.2) is 12.1 Å². The highest BCUT2D eigenvalue weighted by molar-refractivity contribution is 6.31. The highest BCUT2D eigenvalue weighted by atomic mass is 35.5. The fraction of sp³-hybridized carbons (Fsp3) is 0.600. The van der Waals surface area contributed by atoms with E-state index in [1.807, 2.05) is 11.8 Å². The van der Waals surface area contributed by atoms with Crippen molar-refractivity contribution in [1.29, 1.82) is 0 Å². The van der Waals surface area contributed by atoms with Gasteiger partial charge in [0.2, 0.25) is 11.8 Å². The molecule has 6 heteroatoms. The predicted molar refractivity (Wildman–Crippen MR) is 103 cm³/mol. The Morgan fingerprint density at radius 2 is 1.92 bits per heavy atom. The molecule has 0 bridgehead atoms. The van der Waals surface area contributed by atoms with Gasteiger partial charge in [0.15, 0.2) is 0 Å². The van der Waals surface area contributed by atoms with E-state index in [0.717, 1.165) is 18.4 Å². The van der Waals surface area contributed by atoms with Crippen LogP contribution in [0.5, 0.6) is 5.75 Å². The normalized spacial score (nSPS) is 21.6. The van der Waals surface area contributed by atoms with Crippen molar-refractivity contribution in [3.05, 3.63) is 22.7 Å². The Hall–Kier alpha value is -1.75. The molecule has 0 aromatic heterocycles. The number of carbonyl (C=O) groups excluding carboxylic acids is 2. The molecular formula is C20H27ClN2O3. The predicted octanol–water partition coefficient (Wildman–Crippen LogP) is 4.17. The van der Waals surface area contributed by atoms with Crippen molar-refractivity contribution in [2.45, 2.75) is 57.9 Å². The molecule has 2 amide bonds. The number of likely N-dealkylation sites (tertiary alicyclic amines) is 1. The standard InChI is InChI=1S/C20H27ClN2O3/c1-13-9-17(18(26-2)11-16(13)21)22-20(25)14-10-19(24)23(12-14)15-7-5-3-4-6-8-15/h9,11,14-15H,3-8,10,12H2,1-2H3,(H,22,25). The molecule has 1 N–H and O–H groups in total. The van der Waals surface area contributed by atoms with E-state index in [0.29, 0.717) is 29.0 Å². The molecule has 1 aromatic carbocycles. The molecule has 2 aliphatic rings. The maximum atomic E-state index is 12.7. The molecule has 1 aliphatic carbocycles. The number of nitrogens with zero attached hydrogens (tertiary/aromatic N) is 1. The third-order valence-electron chi connectivity index (χ3n) is 5.53. The van der Waals surface area contributed by atoms with Gasteiger partial charge in [-0.1, -0.05) is 37.3 Å². The Labute approximate surface area is 160 Å². The van der Waals surface area contributed by atoms with Gasteiger partial charge in [0.05, 0.1) is 18.7 Å². The monoisotopic (exact) mass is 378 g/mol. The van der Waals surface area contributed by atoms with E-state index in [4.69, 9.17) is 16.3 Å². The van der Waals surface area contributed by atoms with Crippen LogP contribution in [0.25, 0.3) is 0 Å². The second-order valence-electron chi connectivity index (χ2n) is 7.38. The first-order chi connectivity index (χ1) is 12.5. The van der Waals surface area contributed by atoms with Crippen LogP contribution in [0.1, 0.15) is 50.5 Å². The maximum absolute atomic E-state index is 12.7. The zero-order valence-electron chi connectivity index (χ0n) is 15.5. The summed E-state index contributed by atoms with van der Waals surface area (Å²) in [6.07, 6.45) is 7.25. The summed E-state index contributed by atoms with van der Waals surface area (Å²) in [5.41, 5.74) is 1.46. The minimum Gasteiger partial charge on any atom is -0.495 e. The van der Waals surface area contributed by atoms with Crippen molar-refractivity contribution in [2.24, 2.45) is 5.92 Å². The van der Waals surface area contributed by atoms with Gasteiger partial charge < -0.3 is 15.0 Å². The lowest BCUT2D eigenvalue weighted by molar-refractivity contribution is -0.130. The van der Waals surface area contributed by atoms with Crippen molar-refractivity contribution in [1.82, 2.24) is 4.90 Å². The summed E-state index contributed by atoms with van der Waals surface area (Å²) in [6, 6.07) is 3.80. The van der Waals surface area contributed by atoms with Crippen molar-refractivity contribution in [3.8, 4) is 5.75 Å². The van der Waals surface area contributed by atoms with Gasteiger partial charge in [-0.2, -0.15) is 0 Å². The van der Waals surface area contributed by atoms with Crippen LogP contribution in [0, 0.1) is 12.8 Å². The number of hydrogen-bond donors (Lipinski definition) is 1. The van der Waals surface area contributed by atoms with Gasteiger partial charge in [-0.15, -0.1) is 0 Å². The van der Waals surface area contributed by atoms with Crippen LogP contribution in [-0.4, -0.2) is 36.4 Å². The molecule has 1 heterocycles. The number of hydrogen-bond acceptors (Lipinski definition) is 3. The quantitative estimate of drug-likeness (QED) is 0.800. The number of aryl methyl sites for hydroxylation is 1. The van der Waals surface area contributed by atoms with Crippen LogP contribution in [-0.2, 0) is 9.59 Å². The van der Waals surface area contributed by atoms with E-state index in [9.17, 15) is 9.59 Å². The van der Waals surface area contributed by atoms with E-state index in [1.165, 1.54) is 25.7 Å². The van der Waals surface area contributed by atoms with Gasteiger partial charge in [0, 0.05) is 30.1 Å². The van der Waals surface area contributed by atoms with Gasteiger partial charge in [0.25, 0.3) is 0 Å². The Balaban J connectivity index is 1.67. The number of anilines is 1. The first-order valence-corrected chi connectivity index (χ1v) is 9.82. The summed E-state index contributed by atoms with van der Waals surface area (Å²) in [7, 11) is 1.55. The summed E-state index contributed by atoms with van der Waals surface area (Å²) < 4.78 is 5.32. The van der Waals surface area contributed by atoms with Crippen LogP contribution in [0.4, 0.5) is 5.69 Å². The molecule has 142 valence electrons. The molecule has 1 saturated carbocycles. The van der Waals surface area contributed by atoms with Crippen molar-refractivity contribution >= 4 is 29.1 Å². The lowest BCUT2D eigenvalue weighted by Crippen LogP contribution is -2.37. The van der Waals surface area contributed by atoms with Gasteiger partial charge in [0.1, 0.15) is 5.75 Å².